The van der Waals surface area contributed by atoms with E-state index >= 15 is 0 Å². The van der Waals surface area contributed by atoms with Crippen LogP contribution in [0.2, 0.25) is 0 Å². The Bertz CT molecular complexity index is 625. The van der Waals surface area contributed by atoms with Crippen LogP contribution in [0.1, 0.15) is 26.1 Å². The number of nitrogens with two attached hydrogens (primary N) is 1. The Morgan fingerprint density at radius 1 is 1.52 bits per heavy atom. The van der Waals surface area contributed by atoms with E-state index < -0.39 is 6.04 Å². The molecule has 0 aliphatic carbocycles. The fourth-order valence-electron chi connectivity index (χ4n) is 2.09. The van der Waals surface area contributed by atoms with Crippen LogP contribution >= 0.6 is 0 Å². The van der Waals surface area contributed by atoms with Gasteiger partial charge in [-0.15, -0.1) is 0 Å². The zero-order valence-electron chi connectivity index (χ0n) is 12.3. The van der Waals surface area contributed by atoms with Crippen molar-refractivity contribution in [3.63, 3.8) is 0 Å². The van der Waals surface area contributed by atoms with Crippen LogP contribution in [0.3, 0.4) is 0 Å². The van der Waals surface area contributed by atoms with Crippen molar-refractivity contribution in [2.75, 3.05) is 6.54 Å². The Balaban J connectivity index is 1.89. The van der Waals surface area contributed by atoms with Crippen molar-refractivity contribution < 1.29 is 9.18 Å². The van der Waals surface area contributed by atoms with Gasteiger partial charge in [0.25, 0.3) is 0 Å². The fourth-order valence-corrected chi connectivity index (χ4v) is 2.09. The van der Waals surface area contributed by atoms with Crippen LogP contribution in [0.25, 0.3) is 11.0 Å². The quantitative estimate of drug-likeness (QED) is 0.758. The highest BCUT2D eigenvalue weighted by Crippen LogP contribution is 2.13. The maximum Gasteiger partial charge on any atom is 0.237 e. The van der Waals surface area contributed by atoms with Crippen molar-refractivity contribution in [2.24, 2.45) is 11.7 Å². The Morgan fingerprint density at radius 3 is 3.00 bits per heavy atom. The molecule has 0 fully saturated rings. The zero-order valence-corrected chi connectivity index (χ0v) is 12.3. The molecule has 0 saturated carbocycles. The lowest BCUT2D eigenvalue weighted by atomic mass is 9.99. The highest BCUT2D eigenvalue weighted by Gasteiger charge is 2.18. The Labute approximate surface area is 123 Å². The molecule has 1 heterocycles. The van der Waals surface area contributed by atoms with E-state index in [-0.39, 0.29) is 17.6 Å². The number of aromatic amines is 1. The van der Waals surface area contributed by atoms with Crippen molar-refractivity contribution in [1.29, 1.82) is 0 Å². The molecule has 6 heteroatoms. The zero-order chi connectivity index (χ0) is 15.4. The SMILES string of the molecule is CCC(C)C(N)C(=O)NCCc1nc2ccc(F)cc2[nH]1. The van der Waals surface area contributed by atoms with E-state index in [4.69, 9.17) is 5.73 Å². The summed E-state index contributed by atoms with van der Waals surface area (Å²) in [4.78, 5) is 19.2. The minimum Gasteiger partial charge on any atom is -0.354 e. The predicted octanol–water partition coefficient (Wildman–Crippen LogP) is 1.73. The summed E-state index contributed by atoms with van der Waals surface area (Å²) in [7, 11) is 0. The molecule has 2 aromatic rings. The molecule has 0 bridgehead atoms. The smallest absolute Gasteiger partial charge is 0.237 e. The molecule has 5 nitrogen and oxygen atoms in total. The summed E-state index contributed by atoms with van der Waals surface area (Å²) in [5.74, 6) is 0.421. The fraction of sp³-hybridized carbons (Fsp3) is 0.467. The van der Waals surface area contributed by atoms with Gasteiger partial charge in [-0.3, -0.25) is 4.79 Å². The average Bonchev–Trinajstić information content (AvgIpc) is 2.87. The highest BCUT2D eigenvalue weighted by atomic mass is 19.1. The number of fused-ring (bicyclic) bond motifs is 1. The van der Waals surface area contributed by atoms with Gasteiger partial charge in [-0.1, -0.05) is 20.3 Å². The molecule has 0 saturated heterocycles. The Kier molecular flexibility index (Phi) is 4.90. The van der Waals surface area contributed by atoms with Crippen molar-refractivity contribution >= 4 is 16.9 Å². The number of aromatic nitrogens is 2. The van der Waals surface area contributed by atoms with Gasteiger partial charge in [0.1, 0.15) is 11.6 Å². The summed E-state index contributed by atoms with van der Waals surface area (Å²) in [6.07, 6.45) is 1.42. The summed E-state index contributed by atoms with van der Waals surface area (Å²) in [6, 6.07) is 3.92. The number of H-pyrrole nitrogens is 1. The van der Waals surface area contributed by atoms with Crippen LogP contribution in [0, 0.1) is 11.7 Å². The first-order valence-corrected chi connectivity index (χ1v) is 7.18. The molecular weight excluding hydrogens is 271 g/mol. The van der Waals surface area contributed by atoms with E-state index in [0.717, 1.165) is 6.42 Å². The van der Waals surface area contributed by atoms with Crippen molar-refractivity contribution in [3.05, 3.63) is 29.8 Å². The van der Waals surface area contributed by atoms with Gasteiger partial charge < -0.3 is 16.0 Å². The van der Waals surface area contributed by atoms with Gasteiger partial charge >= 0.3 is 0 Å². The van der Waals surface area contributed by atoms with E-state index in [0.29, 0.717) is 29.8 Å². The van der Waals surface area contributed by atoms with Crippen LogP contribution in [-0.4, -0.2) is 28.5 Å². The number of rotatable bonds is 6. The largest absolute Gasteiger partial charge is 0.354 e. The molecule has 0 spiro atoms. The molecule has 0 aliphatic heterocycles. The summed E-state index contributed by atoms with van der Waals surface area (Å²) >= 11 is 0. The average molecular weight is 292 g/mol. The number of carbonyl (C=O) groups excluding carboxylic acids is 1. The van der Waals surface area contributed by atoms with Gasteiger partial charge in [0.15, 0.2) is 0 Å². The van der Waals surface area contributed by atoms with Crippen LogP contribution in [-0.2, 0) is 11.2 Å². The first-order chi connectivity index (χ1) is 10.0. The Morgan fingerprint density at radius 2 is 2.29 bits per heavy atom. The van der Waals surface area contributed by atoms with Gasteiger partial charge in [0, 0.05) is 13.0 Å². The molecule has 2 atom stereocenters. The normalized spacial score (nSPS) is 14.1. The second-order valence-electron chi connectivity index (χ2n) is 5.30. The molecule has 4 N–H and O–H groups in total. The second kappa shape index (κ2) is 6.67. The molecule has 0 aliphatic rings. The number of hydrogen-bond acceptors (Lipinski definition) is 3. The maximum atomic E-state index is 13.1. The van der Waals surface area contributed by atoms with E-state index in [1.54, 1.807) is 6.07 Å². The third-order valence-electron chi connectivity index (χ3n) is 3.71. The number of halogens is 1. The van der Waals surface area contributed by atoms with Crippen molar-refractivity contribution in [1.82, 2.24) is 15.3 Å². The summed E-state index contributed by atoms with van der Waals surface area (Å²) in [6.45, 7) is 4.41. The van der Waals surface area contributed by atoms with Gasteiger partial charge in [-0.05, 0) is 24.1 Å². The first-order valence-electron chi connectivity index (χ1n) is 7.18. The van der Waals surface area contributed by atoms with Crippen LogP contribution < -0.4 is 11.1 Å². The first kappa shape index (κ1) is 15.4. The van der Waals surface area contributed by atoms with E-state index in [1.807, 2.05) is 13.8 Å². The van der Waals surface area contributed by atoms with Crippen LogP contribution in [0.5, 0.6) is 0 Å². The van der Waals surface area contributed by atoms with Gasteiger partial charge in [-0.25, -0.2) is 9.37 Å². The molecule has 1 aromatic carbocycles. The number of hydrogen-bond donors (Lipinski definition) is 3. The summed E-state index contributed by atoms with van der Waals surface area (Å²) in [5.41, 5.74) is 7.23. The van der Waals surface area contributed by atoms with Crippen molar-refractivity contribution in [3.8, 4) is 0 Å². The molecule has 2 unspecified atom stereocenters. The van der Waals surface area contributed by atoms with Crippen LogP contribution in [0.4, 0.5) is 4.39 Å². The highest BCUT2D eigenvalue weighted by molar-refractivity contribution is 5.81. The molecular formula is C15H21FN4O. The third kappa shape index (κ3) is 3.78. The third-order valence-corrected chi connectivity index (χ3v) is 3.71. The van der Waals surface area contributed by atoms with E-state index in [2.05, 4.69) is 15.3 Å². The summed E-state index contributed by atoms with van der Waals surface area (Å²) < 4.78 is 13.1. The number of benzene rings is 1. The van der Waals surface area contributed by atoms with Gasteiger partial charge in [0.05, 0.1) is 17.1 Å². The van der Waals surface area contributed by atoms with Crippen LogP contribution in [0.15, 0.2) is 18.2 Å². The molecule has 2 rings (SSSR count). The van der Waals surface area contributed by atoms with Crippen molar-refractivity contribution in [2.45, 2.75) is 32.7 Å². The van der Waals surface area contributed by atoms with E-state index in [9.17, 15) is 9.18 Å². The molecule has 1 amide bonds. The lowest BCUT2D eigenvalue weighted by Crippen LogP contribution is -2.45. The molecule has 114 valence electrons. The molecule has 21 heavy (non-hydrogen) atoms. The minimum atomic E-state index is -0.486. The molecule has 1 aromatic heterocycles. The standard InChI is InChI=1S/C15H21FN4O/c1-3-9(2)14(17)15(21)18-7-6-13-19-11-5-4-10(16)8-12(11)20-13/h4-5,8-9,14H,3,6-7,17H2,1-2H3,(H,18,21)(H,19,20). The van der Waals surface area contributed by atoms with Gasteiger partial charge in [0.2, 0.25) is 5.91 Å². The molecule has 0 radical (unpaired) electrons. The minimum absolute atomic E-state index is 0.147. The number of nitrogens with one attached hydrogen (secondary N) is 2. The maximum absolute atomic E-state index is 13.1. The lowest BCUT2D eigenvalue weighted by Gasteiger charge is -2.17. The second-order valence-corrected chi connectivity index (χ2v) is 5.30. The number of imidazole rings is 1. The Hall–Kier alpha value is -1.95. The lowest BCUT2D eigenvalue weighted by molar-refractivity contribution is -0.123. The summed E-state index contributed by atoms with van der Waals surface area (Å²) in [5, 5.41) is 2.80. The monoisotopic (exact) mass is 292 g/mol. The van der Waals surface area contributed by atoms with Gasteiger partial charge in [-0.2, -0.15) is 0 Å². The number of carbonyl (C=O) groups is 1. The topological polar surface area (TPSA) is 83.8 Å². The number of amides is 1. The number of nitrogens with zero attached hydrogens (tertiary/aromatic N) is 1. The predicted molar refractivity (Wildman–Crippen MR) is 80.2 cm³/mol. The van der Waals surface area contributed by atoms with E-state index in [1.165, 1.54) is 12.1 Å².